The molecule has 10 heteroatoms. The number of hydrogen-bond acceptors (Lipinski definition) is 5. The Hall–Kier alpha value is -3.53. The number of carbonyl (C=O) groups is 2. The lowest BCUT2D eigenvalue weighted by Crippen LogP contribution is -2.34. The number of carbonyl (C=O) groups excluding carboxylic acids is 2. The van der Waals surface area contributed by atoms with Crippen molar-refractivity contribution in [1.82, 2.24) is 4.57 Å². The van der Waals surface area contributed by atoms with Gasteiger partial charge in [0.2, 0.25) is 11.8 Å². The lowest BCUT2D eigenvalue weighted by atomic mass is 9.94. The second kappa shape index (κ2) is 10.6. The van der Waals surface area contributed by atoms with Crippen LogP contribution < -0.4 is 16.2 Å². The molecule has 0 spiro atoms. The highest BCUT2D eigenvalue weighted by Gasteiger charge is 2.51. The van der Waals surface area contributed by atoms with Gasteiger partial charge in [-0.05, 0) is 55.3 Å². The molecule has 8 nitrogen and oxygen atoms in total. The van der Waals surface area contributed by atoms with Crippen LogP contribution in [0.3, 0.4) is 0 Å². The van der Waals surface area contributed by atoms with Crippen LogP contribution >= 0.6 is 11.6 Å². The van der Waals surface area contributed by atoms with Crippen molar-refractivity contribution in [1.29, 1.82) is 0 Å². The van der Waals surface area contributed by atoms with Crippen LogP contribution in [0, 0.1) is 17.7 Å². The minimum Gasteiger partial charge on any atom is -0.393 e. The third kappa shape index (κ3) is 5.33. The van der Waals surface area contributed by atoms with E-state index in [9.17, 15) is 23.9 Å². The zero-order valence-corrected chi connectivity index (χ0v) is 20.2. The predicted octanol–water partition coefficient (Wildman–Crippen LogP) is 3.61. The molecule has 0 saturated heterocycles. The fourth-order valence-corrected chi connectivity index (χ4v) is 4.60. The van der Waals surface area contributed by atoms with Gasteiger partial charge in [-0.2, -0.15) is 0 Å². The van der Waals surface area contributed by atoms with Crippen molar-refractivity contribution in [3.05, 3.63) is 88.1 Å². The molecule has 1 saturated carbocycles. The van der Waals surface area contributed by atoms with E-state index in [2.05, 4.69) is 10.6 Å². The maximum Gasteiger partial charge on any atom is 0.255 e. The monoisotopic (exact) mass is 513 g/mol. The van der Waals surface area contributed by atoms with Gasteiger partial charge in [0.25, 0.3) is 5.56 Å². The van der Waals surface area contributed by atoms with Gasteiger partial charge < -0.3 is 20.5 Å². The molecule has 0 bridgehead atoms. The van der Waals surface area contributed by atoms with Crippen LogP contribution in [-0.2, 0) is 14.3 Å². The predicted molar refractivity (Wildman–Crippen MR) is 134 cm³/mol. The first-order chi connectivity index (χ1) is 17.2. The molecule has 1 aliphatic rings. The molecule has 1 fully saturated rings. The number of rotatable bonds is 7. The molecule has 1 aliphatic carbocycles. The summed E-state index contributed by atoms with van der Waals surface area (Å²) in [6.07, 6.45) is 1.69. The smallest absolute Gasteiger partial charge is 0.255 e. The average molecular weight is 514 g/mol. The third-order valence-electron chi connectivity index (χ3n) is 6.49. The lowest BCUT2D eigenvalue weighted by Gasteiger charge is -2.25. The van der Waals surface area contributed by atoms with Crippen molar-refractivity contribution in [2.24, 2.45) is 11.8 Å². The van der Waals surface area contributed by atoms with E-state index in [1.165, 1.54) is 36.1 Å². The summed E-state index contributed by atoms with van der Waals surface area (Å²) in [7, 11) is 1.41. The normalized spacial score (nSPS) is 21.2. The van der Waals surface area contributed by atoms with Crippen molar-refractivity contribution < 1.29 is 23.8 Å². The standard InChI is InChI=1S/C26H25ClFN3O5/c1-36-26(15-32)13-19(24(34)29-17-7-5-16(27)6-8-17)20(14-26)25(35)30-22-10-9-18(12-21(22)28)31-11-3-2-4-23(31)33/h2-12,19-20,32H,13-15H2,1H3,(H,29,34)(H,30,35)/t19-,20-,26?/m0/s1. The number of nitrogens with zero attached hydrogens (tertiary/aromatic N) is 1. The van der Waals surface area contributed by atoms with Gasteiger partial charge in [-0.15, -0.1) is 0 Å². The minimum atomic E-state index is -1.08. The topological polar surface area (TPSA) is 110 Å². The summed E-state index contributed by atoms with van der Waals surface area (Å²) in [4.78, 5) is 38.4. The first-order valence-electron chi connectivity index (χ1n) is 11.3. The summed E-state index contributed by atoms with van der Waals surface area (Å²) >= 11 is 5.90. The number of pyridine rings is 1. The highest BCUT2D eigenvalue weighted by Crippen LogP contribution is 2.42. The van der Waals surface area contributed by atoms with Crippen LogP contribution in [0.5, 0.6) is 0 Å². The van der Waals surface area contributed by atoms with E-state index in [1.54, 1.807) is 36.4 Å². The van der Waals surface area contributed by atoms with Gasteiger partial charge in [0.05, 0.1) is 35.4 Å². The molecule has 2 aromatic carbocycles. The van der Waals surface area contributed by atoms with Crippen LogP contribution in [0.1, 0.15) is 12.8 Å². The molecule has 3 N–H and O–H groups in total. The van der Waals surface area contributed by atoms with E-state index < -0.39 is 35.1 Å². The van der Waals surface area contributed by atoms with Gasteiger partial charge in [0, 0.05) is 36.1 Å². The number of nitrogens with one attached hydrogen (secondary N) is 2. The Balaban J connectivity index is 1.55. The van der Waals surface area contributed by atoms with E-state index in [4.69, 9.17) is 16.3 Å². The Morgan fingerprint density at radius 3 is 2.33 bits per heavy atom. The number of halogens is 2. The Morgan fingerprint density at radius 1 is 1.08 bits per heavy atom. The number of hydrogen-bond donors (Lipinski definition) is 3. The SMILES string of the molecule is COC1(CO)C[C@H](C(=O)Nc2ccc(Cl)cc2)[C@@H](C(=O)Nc2ccc(-n3ccccc3=O)cc2F)C1. The molecule has 0 radical (unpaired) electrons. The first-order valence-corrected chi connectivity index (χ1v) is 11.6. The van der Waals surface area contributed by atoms with Crippen molar-refractivity contribution in [2.45, 2.75) is 18.4 Å². The van der Waals surface area contributed by atoms with Crippen molar-refractivity contribution >= 4 is 34.8 Å². The zero-order valence-electron chi connectivity index (χ0n) is 19.4. The van der Waals surface area contributed by atoms with E-state index >= 15 is 0 Å². The first kappa shape index (κ1) is 25.6. The molecule has 1 aromatic heterocycles. The summed E-state index contributed by atoms with van der Waals surface area (Å²) in [5.74, 6) is -3.47. The summed E-state index contributed by atoms with van der Waals surface area (Å²) in [5, 5.41) is 15.8. The maximum atomic E-state index is 14.9. The summed E-state index contributed by atoms with van der Waals surface area (Å²) in [6.45, 7) is -0.382. The molecule has 1 unspecified atom stereocenters. The Bertz CT molecular complexity index is 1320. The number of methoxy groups -OCH3 is 1. The van der Waals surface area contributed by atoms with Crippen LogP contribution in [0.25, 0.3) is 5.69 Å². The number of anilines is 2. The highest BCUT2D eigenvalue weighted by molar-refractivity contribution is 6.30. The van der Waals surface area contributed by atoms with E-state index in [0.29, 0.717) is 16.4 Å². The number of benzene rings is 2. The van der Waals surface area contributed by atoms with Crippen LogP contribution in [0.15, 0.2) is 71.7 Å². The van der Waals surface area contributed by atoms with Crippen molar-refractivity contribution in [2.75, 3.05) is 24.4 Å². The molecule has 36 heavy (non-hydrogen) atoms. The summed E-state index contributed by atoms with van der Waals surface area (Å²) in [5.41, 5.74) is -0.699. The minimum absolute atomic E-state index is 0.0731. The third-order valence-corrected chi connectivity index (χ3v) is 6.74. The quantitative estimate of drug-likeness (QED) is 0.447. The maximum absolute atomic E-state index is 14.9. The van der Waals surface area contributed by atoms with Crippen molar-refractivity contribution in [3.8, 4) is 5.69 Å². The second-order valence-electron chi connectivity index (χ2n) is 8.72. The van der Waals surface area contributed by atoms with E-state index in [-0.39, 0.29) is 30.7 Å². The molecule has 4 rings (SSSR count). The number of aromatic nitrogens is 1. The lowest BCUT2D eigenvalue weighted by molar-refractivity contribution is -0.128. The second-order valence-corrected chi connectivity index (χ2v) is 9.16. The van der Waals surface area contributed by atoms with Gasteiger partial charge in [-0.25, -0.2) is 4.39 Å². The summed E-state index contributed by atoms with van der Waals surface area (Å²) in [6, 6.07) is 15.1. The van der Waals surface area contributed by atoms with Crippen LogP contribution in [-0.4, -0.2) is 40.8 Å². The Morgan fingerprint density at radius 2 is 1.75 bits per heavy atom. The van der Waals surface area contributed by atoms with E-state index in [0.717, 1.165) is 6.07 Å². The molecule has 3 aromatic rings. The number of aliphatic hydroxyl groups is 1. The van der Waals surface area contributed by atoms with Crippen LogP contribution in [0.4, 0.5) is 15.8 Å². The zero-order chi connectivity index (χ0) is 25.9. The Kier molecular flexibility index (Phi) is 7.53. The van der Waals surface area contributed by atoms with E-state index in [1.807, 2.05) is 0 Å². The molecule has 188 valence electrons. The molecular weight excluding hydrogens is 489 g/mol. The number of amides is 2. The molecular formula is C26H25ClFN3O5. The van der Waals surface area contributed by atoms with Gasteiger partial charge in [-0.3, -0.25) is 19.0 Å². The molecule has 1 heterocycles. The molecule has 0 aliphatic heterocycles. The highest BCUT2D eigenvalue weighted by atomic mass is 35.5. The summed E-state index contributed by atoms with van der Waals surface area (Å²) < 4.78 is 21.7. The van der Waals surface area contributed by atoms with Gasteiger partial charge in [-0.1, -0.05) is 17.7 Å². The van der Waals surface area contributed by atoms with Gasteiger partial charge in [0.1, 0.15) is 5.82 Å². The molecule has 3 atom stereocenters. The Labute approximate surface area is 211 Å². The number of ether oxygens (including phenoxy) is 1. The fourth-order valence-electron chi connectivity index (χ4n) is 4.47. The average Bonchev–Trinajstić information content (AvgIpc) is 3.28. The van der Waals surface area contributed by atoms with Crippen molar-refractivity contribution in [3.63, 3.8) is 0 Å². The van der Waals surface area contributed by atoms with Gasteiger partial charge >= 0.3 is 0 Å². The van der Waals surface area contributed by atoms with Gasteiger partial charge in [0.15, 0.2) is 0 Å². The number of aliphatic hydroxyl groups excluding tert-OH is 1. The largest absolute Gasteiger partial charge is 0.393 e. The van der Waals surface area contributed by atoms with Crippen LogP contribution in [0.2, 0.25) is 5.02 Å². The fraction of sp³-hybridized carbons (Fsp3) is 0.269. The molecule has 2 amide bonds.